The third-order valence-corrected chi connectivity index (χ3v) is 2.15. The van der Waals surface area contributed by atoms with Crippen molar-refractivity contribution in [2.24, 2.45) is 0 Å². The van der Waals surface area contributed by atoms with Gasteiger partial charge in [0.05, 0.1) is 18.8 Å². The van der Waals surface area contributed by atoms with Gasteiger partial charge in [-0.3, -0.25) is 10.1 Å². The van der Waals surface area contributed by atoms with Gasteiger partial charge in [-0.1, -0.05) is 0 Å². The van der Waals surface area contributed by atoms with Gasteiger partial charge in [0.25, 0.3) is 5.91 Å². The highest BCUT2D eigenvalue weighted by atomic mass is 16.5. The Labute approximate surface area is 110 Å². The summed E-state index contributed by atoms with van der Waals surface area (Å²) in [6.07, 6.45) is -0.804. The molecule has 19 heavy (non-hydrogen) atoms. The minimum absolute atomic E-state index is 0.181. The quantitative estimate of drug-likeness (QED) is 0.839. The monoisotopic (exact) mass is 265 g/mol. The maximum atomic E-state index is 11.6. The van der Waals surface area contributed by atoms with E-state index in [9.17, 15) is 14.4 Å². The average molecular weight is 265 g/mol. The zero-order valence-corrected chi connectivity index (χ0v) is 10.8. The van der Waals surface area contributed by atoms with E-state index in [0.717, 1.165) is 0 Å². The number of ether oxygens (including phenoxy) is 2. The summed E-state index contributed by atoms with van der Waals surface area (Å²) in [7, 11) is 0. The number of carbonyl (C=O) groups excluding carboxylic acids is 3. The number of benzene rings is 1. The van der Waals surface area contributed by atoms with Crippen molar-refractivity contribution in [3.8, 4) is 0 Å². The number of imide groups is 1. The van der Waals surface area contributed by atoms with Gasteiger partial charge < -0.3 is 9.47 Å². The normalized spacial score (nSPS) is 9.58. The molecule has 0 heterocycles. The molecule has 1 N–H and O–H groups in total. The van der Waals surface area contributed by atoms with Gasteiger partial charge in [-0.05, 0) is 38.1 Å². The standard InChI is InChI=1S/C13H15NO5/c1-3-18-12(16)10-7-5-9(6-8-10)11(15)14-13(17)19-4-2/h5-8H,3-4H2,1-2H3,(H,14,15,17). The molecule has 6 nitrogen and oxygen atoms in total. The molecule has 0 saturated carbocycles. The predicted molar refractivity (Wildman–Crippen MR) is 66.9 cm³/mol. The first kappa shape index (κ1) is 14.7. The molecule has 0 aromatic heterocycles. The van der Waals surface area contributed by atoms with Crippen LogP contribution in [0.4, 0.5) is 4.79 Å². The molecule has 2 amide bonds. The Balaban J connectivity index is 2.68. The lowest BCUT2D eigenvalue weighted by molar-refractivity contribution is 0.0526. The fourth-order valence-corrected chi connectivity index (χ4v) is 1.30. The highest BCUT2D eigenvalue weighted by Gasteiger charge is 2.12. The summed E-state index contributed by atoms with van der Waals surface area (Å²) in [5, 5.41) is 2.05. The Morgan fingerprint density at radius 3 is 2.00 bits per heavy atom. The van der Waals surface area contributed by atoms with Crippen LogP contribution in [0.5, 0.6) is 0 Å². The van der Waals surface area contributed by atoms with E-state index in [-0.39, 0.29) is 18.8 Å². The van der Waals surface area contributed by atoms with Crippen LogP contribution in [0.1, 0.15) is 34.6 Å². The van der Waals surface area contributed by atoms with Gasteiger partial charge in [-0.15, -0.1) is 0 Å². The molecule has 1 aromatic carbocycles. The minimum Gasteiger partial charge on any atom is -0.462 e. The molecule has 0 bridgehead atoms. The number of nitrogens with one attached hydrogen (secondary N) is 1. The van der Waals surface area contributed by atoms with Gasteiger partial charge >= 0.3 is 12.1 Å². The molecule has 0 aliphatic heterocycles. The highest BCUT2D eigenvalue weighted by Crippen LogP contribution is 2.06. The lowest BCUT2D eigenvalue weighted by Crippen LogP contribution is -2.31. The molecule has 0 aliphatic rings. The van der Waals surface area contributed by atoms with E-state index in [1.165, 1.54) is 24.3 Å². The first-order valence-corrected chi connectivity index (χ1v) is 5.83. The molecule has 1 aromatic rings. The second-order valence-electron chi connectivity index (χ2n) is 3.47. The highest BCUT2D eigenvalue weighted by molar-refractivity contribution is 6.03. The Bertz CT molecular complexity index is 466. The van der Waals surface area contributed by atoms with E-state index in [4.69, 9.17) is 4.74 Å². The summed E-state index contributed by atoms with van der Waals surface area (Å²) in [5.41, 5.74) is 0.593. The Morgan fingerprint density at radius 1 is 0.947 bits per heavy atom. The van der Waals surface area contributed by atoms with E-state index in [1.54, 1.807) is 13.8 Å². The second-order valence-corrected chi connectivity index (χ2v) is 3.47. The number of hydrogen-bond acceptors (Lipinski definition) is 5. The Hall–Kier alpha value is -2.37. The lowest BCUT2D eigenvalue weighted by atomic mass is 10.1. The van der Waals surface area contributed by atoms with E-state index in [1.807, 2.05) is 0 Å². The molecule has 1 rings (SSSR count). The van der Waals surface area contributed by atoms with Crippen molar-refractivity contribution in [3.63, 3.8) is 0 Å². The Kier molecular flexibility index (Phi) is 5.53. The number of alkyl carbamates (subject to hydrolysis) is 1. The van der Waals surface area contributed by atoms with Crippen molar-refractivity contribution < 1.29 is 23.9 Å². The van der Waals surface area contributed by atoms with Crippen molar-refractivity contribution in [3.05, 3.63) is 35.4 Å². The van der Waals surface area contributed by atoms with Crippen molar-refractivity contribution >= 4 is 18.0 Å². The summed E-state index contributed by atoms with van der Waals surface area (Å²) in [5.74, 6) is -1.05. The summed E-state index contributed by atoms with van der Waals surface area (Å²) in [4.78, 5) is 34.1. The van der Waals surface area contributed by atoms with Crippen LogP contribution in [0.15, 0.2) is 24.3 Å². The van der Waals surface area contributed by atoms with Crippen LogP contribution in [0.25, 0.3) is 0 Å². The topological polar surface area (TPSA) is 81.7 Å². The molecule has 0 fully saturated rings. The molecule has 0 saturated heterocycles. The fourth-order valence-electron chi connectivity index (χ4n) is 1.30. The molecule has 0 unspecified atom stereocenters. The van der Waals surface area contributed by atoms with Crippen LogP contribution in [-0.4, -0.2) is 31.2 Å². The van der Waals surface area contributed by atoms with Gasteiger partial charge in [0.15, 0.2) is 0 Å². The van der Waals surface area contributed by atoms with Crippen molar-refractivity contribution in [2.45, 2.75) is 13.8 Å². The fraction of sp³-hybridized carbons (Fsp3) is 0.308. The minimum atomic E-state index is -0.804. The zero-order chi connectivity index (χ0) is 14.3. The maximum Gasteiger partial charge on any atom is 0.414 e. The first-order chi connectivity index (χ1) is 9.08. The van der Waals surface area contributed by atoms with Gasteiger partial charge in [-0.25, -0.2) is 9.59 Å². The summed E-state index contributed by atoms with van der Waals surface area (Å²) >= 11 is 0. The van der Waals surface area contributed by atoms with Crippen LogP contribution in [0.2, 0.25) is 0 Å². The van der Waals surface area contributed by atoms with Crippen molar-refractivity contribution in [1.82, 2.24) is 5.32 Å². The number of hydrogen-bond donors (Lipinski definition) is 1. The van der Waals surface area contributed by atoms with E-state index in [2.05, 4.69) is 10.1 Å². The summed E-state index contributed by atoms with van der Waals surface area (Å²) in [6, 6.07) is 5.78. The predicted octanol–water partition coefficient (Wildman–Crippen LogP) is 1.75. The van der Waals surface area contributed by atoms with Gasteiger partial charge in [-0.2, -0.15) is 0 Å². The van der Waals surface area contributed by atoms with Crippen LogP contribution in [-0.2, 0) is 9.47 Å². The van der Waals surface area contributed by atoms with E-state index < -0.39 is 18.0 Å². The van der Waals surface area contributed by atoms with Crippen LogP contribution in [0.3, 0.4) is 0 Å². The SMILES string of the molecule is CCOC(=O)NC(=O)c1ccc(C(=O)OCC)cc1. The number of carbonyl (C=O) groups is 3. The first-order valence-electron chi connectivity index (χ1n) is 5.83. The lowest BCUT2D eigenvalue weighted by Gasteiger charge is -2.05. The van der Waals surface area contributed by atoms with Crippen LogP contribution in [0, 0.1) is 0 Å². The van der Waals surface area contributed by atoms with E-state index >= 15 is 0 Å². The van der Waals surface area contributed by atoms with Crippen LogP contribution >= 0.6 is 0 Å². The second kappa shape index (κ2) is 7.15. The van der Waals surface area contributed by atoms with Gasteiger partial charge in [0.2, 0.25) is 0 Å². The summed E-state index contributed by atoms with van der Waals surface area (Å²) in [6.45, 7) is 3.81. The molecule has 0 atom stereocenters. The molecule has 0 spiro atoms. The molecular weight excluding hydrogens is 250 g/mol. The molecular formula is C13H15NO5. The van der Waals surface area contributed by atoms with Crippen LogP contribution < -0.4 is 5.32 Å². The zero-order valence-electron chi connectivity index (χ0n) is 10.8. The van der Waals surface area contributed by atoms with Crippen molar-refractivity contribution in [2.75, 3.05) is 13.2 Å². The smallest absolute Gasteiger partial charge is 0.414 e. The maximum absolute atomic E-state index is 11.6. The third-order valence-electron chi connectivity index (χ3n) is 2.15. The molecule has 0 radical (unpaired) electrons. The number of esters is 1. The van der Waals surface area contributed by atoms with E-state index in [0.29, 0.717) is 5.56 Å². The van der Waals surface area contributed by atoms with Crippen molar-refractivity contribution in [1.29, 1.82) is 0 Å². The molecule has 0 aliphatic carbocycles. The summed E-state index contributed by atoms with van der Waals surface area (Å²) < 4.78 is 9.39. The Morgan fingerprint density at radius 2 is 1.47 bits per heavy atom. The van der Waals surface area contributed by atoms with Gasteiger partial charge in [0.1, 0.15) is 0 Å². The number of rotatable bonds is 4. The molecule has 102 valence electrons. The number of amides is 2. The van der Waals surface area contributed by atoms with Gasteiger partial charge in [0, 0.05) is 5.56 Å². The molecule has 6 heteroatoms. The average Bonchev–Trinajstić information content (AvgIpc) is 2.39. The third kappa shape index (κ3) is 4.42. The largest absolute Gasteiger partial charge is 0.462 e.